The van der Waals surface area contributed by atoms with E-state index in [0.29, 0.717) is 5.56 Å². The smallest absolute Gasteiger partial charge is 0.340 e. The Kier molecular flexibility index (Phi) is 12.2. The molecule has 57 heavy (non-hydrogen) atoms. The van der Waals surface area contributed by atoms with E-state index in [2.05, 4.69) is 20.3 Å². The van der Waals surface area contributed by atoms with Crippen LogP contribution in [0.5, 0.6) is 0 Å². The second kappa shape index (κ2) is 17.2. The Morgan fingerprint density at radius 2 is 1.21 bits per heavy atom. The van der Waals surface area contributed by atoms with Gasteiger partial charge in [0.25, 0.3) is 5.91 Å². The van der Waals surface area contributed by atoms with Crippen LogP contribution >= 0.6 is 69.6 Å². The number of carbonyl (C=O) groups is 4. The summed E-state index contributed by atoms with van der Waals surface area (Å²) in [6.07, 6.45) is -3.24. The molecule has 7 rings (SSSR count). The molecule has 0 saturated carbocycles. The highest BCUT2D eigenvalue weighted by molar-refractivity contribution is 6.37. The van der Waals surface area contributed by atoms with Gasteiger partial charge in [0, 0.05) is 20.6 Å². The van der Waals surface area contributed by atoms with Gasteiger partial charge in [0.2, 0.25) is 0 Å². The largest absolute Gasteiger partial charge is 0.459 e. The summed E-state index contributed by atoms with van der Waals surface area (Å²) < 4.78 is 25.5. The Hall–Kier alpha value is -4.99. The molecule has 1 aliphatic rings. The van der Waals surface area contributed by atoms with Crippen molar-refractivity contribution >= 4 is 110 Å². The fourth-order valence-corrected chi connectivity index (χ4v) is 7.26. The number of imidazole rings is 1. The molecule has 6 aromatic rings. The van der Waals surface area contributed by atoms with Crippen LogP contribution in [0.3, 0.4) is 0 Å². The maximum atomic E-state index is 13.8. The second-order valence-electron chi connectivity index (χ2n) is 12.1. The second-order valence-corrected chi connectivity index (χ2v) is 14.7. The summed E-state index contributed by atoms with van der Waals surface area (Å²) in [5.41, 5.74) is 0.420. The number of carbonyl (C=O) groups excluding carboxylic acids is 4. The summed E-state index contributed by atoms with van der Waals surface area (Å²) in [6.45, 7) is -0.559. The lowest BCUT2D eigenvalue weighted by Crippen LogP contribution is -2.41. The lowest BCUT2D eigenvalue weighted by Gasteiger charge is -2.25. The van der Waals surface area contributed by atoms with Crippen molar-refractivity contribution in [3.8, 4) is 0 Å². The fourth-order valence-electron chi connectivity index (χ4n) is 5.81. The summed E-state index contributed by atoms with van der Waals surface area (Å²) in [5, 5.41) is 3.47. The predicted octanol–water partition coefficient (Wildman–Crippen LogP) is 9.20. The molecule has 4 aromatic carbocycles. The Bertz CT molecular complexity index is 2540. The molecule has 0 unspecified atom stereocenters. The van der Waals surface area contributed by atoms with Crippen LogP contribution in [0.15, 0.2) is 97.6 Å². The fraction of sp³-hybridized carbons (Fsp3) is 0.132. The number of fused-ring (bicyclic) bond motifs is 1. The zero-order chi connectivity index (χ0) is 40.4. The van der Waals surface area contributed by atoms with Crippen LogP contribution in [0.1, 0.15) is 47.7 Å². The van der Waals surface area contributed by atoms with Crippen molar-refractivity contribution in [3.05, 3.63) is 150 Å². The number of nitrogens with one attached hydrogen (secondary N) is 1. The molecule has 1 N–H and O–H groups in total. The molecule has 3 heterocycles. The number of aromatic nitrogens is 4. The van der Waals surface area contributed by atoms with E-state index in [9.17, 15) is 19.2 Å². The Morgan fingerprint density at radius 3 is 1.77 bits per heavy atom. The molecule has 290 valence electrons. The number of amides is 1. The van der Waals surface area contributed by atoms with Gasteiger partial charge in [-0.15, -0.1) is 0 Å². The van der Waals surface area contributed by atoms with Gasteiger partial charge >= 0.3 is 17.9 Å². The minimum Gasteiger partial charge on any atom is -0.459 e. The maximum Gasteiger partial charge on any atom is 0.340 e. The molecular formula is C38H23Cl6N5O8. The molecule has 1 fully saturated rings. The van der Waals surface area contributed by atoms with Crippen LogP contribution in [-0.4, -0.2) is 68.3 Å². The van der Waals surface area contributed by atoms with Crippen LogP contribution in [-0.2, 0) is 18.9 Å². The van der Waals surface area contributed by atoms with E-state index < -0.39 is 55.0 Å². The summed E-state index contributed by atoms with van der Waals surface area (Å²) in [4.78, 5) is 67.0. The van der Waals surface area contributed by atoms with Crippen LogP contribution in [0.25, 0.3) is 11.2 Å². The molecule has 1 amide bonds. The lowest BCUT2D eigenvalue weighted by atomic mass is 10.1. The van der Waals surface area contributed by atoms with E-state index in [0.717, 1.165) is 0 Å². The Morgan fingerprint density at radius 1 is 0.667 bits per heavy atom. The van der Waals surface area contributed by atoms with Crippen molar-refractivity contribution in [2.45, 2.75) is 24.5 Å². The van der Waals surface area contributed by atoms with E-state index in [4.69, 9.17) is 88.6 Å². The number of hydrogen-bond acceptors (Lipinski definition) is 11. The number of esters is 3. The molecule has 0 aliphatic carbocycles. The molecule has 0 radical (unpaired) electrons. The summed E-state index contributed by atoms with van der Waals surface area (Å²) >= 11 is 37.2. The van der Waals surface area contributed by atoms with Crippen LogP contribution in [0.4, 0.5) is 5.82 Å². The van der Waals surface area contributed by atoms with E-state index in [-0.39, 0.29) is 63.8 Å². The minimum absolute atomic E-state index is 0.0140. The maximum absolute atomic E-state index is 13.8. The van der Waals surface area contributed by atoms with Crippen molar-refractivity contribution in [2.75, 3.05) is 11.9 Å². The predicted molar refractivity (Wildman–Crippen MR) is 212 cm³/mol. The highest BCUT2D eigenvalue weighted by Gasteiger charge is 2.52. The first kappa shape index (κ1) is 40.2. The highest BCUT2D eigenvalue weighted by atomic mass is 35.5. The van der Waals surface area contributed by atoms with Gasteiger partial charge in [0.15, 0.2) is 35.4 Å². The third-order valence-corrected chi connectivity index (χ3v) is 10.1. The summed E-state index contributed by atoms with van der Waals surface area (Å²) in [6, 6.07) is 20.9. The van der Waals surface area contributed by atoms with Crippen molar-refractivity contribution < 1.29 is 38.1 Å². The quantitative estimate of drug-likeness (QED) is 0.103. The number of ether oxygens (including phenoxy) is 4. The molecule has 2 aromatic heterocycles. The monoisotopic (exact) mass is 887 g/mol. The first-order chi connectivity index (χ1) is 27.4. The minimum atomic E-state index is -1.52. The molecule has 13 nitrogen and oxygen atoms in total. The molecule has 19 heteroatoms. The van der Waals surface area contributed by atoms with Crippen molar-refractivity contribution in [1.29, 1.82) is 0 Å². The molecular weight excluding hydrogens is 867 g/mol. The van der Waals surface area contributed by atoms with Crippen LogP contribution in [0.2, 0.25) is 30.1 Å². The van der Waals surface area contributed by atoms with Crippen LogP contribution < -0.4 is 5.32 Å². The molecule has 0 spiro atoms. The number of hydrogen-bond donors (Lipinski definition) is 1. The van der Waals surface area contributed by atoms with Gasteiger partial charge in [-0.2, -0.15) is 0 Å². The topological polar surface area (TPSA) is 161 Å². The third kappa shape index (κ3) is 8.80. The van der Waals surface area contributed by atoms with Crippen molar-refractivity contribution in [1.82, 2.24) is 19.5 Å². The van der Waals surface area contributed by atoms with E-state index in [1.54, 1.807) is 30.3 Å². The number of nitrogens with zero attached hydrogens (tertiary/aromatic N) is 4. The Balaban J connectivity index is 1.28. The average Bonchev–Trinajstić information content (AvgIpc) is 3.75. The first-order valence-electron chi connectivity index (χ1n) is 16.5. The zero-order valence-electron chi connectivity index (χ0n) is 28.6. The third-order valence-electron chi connectivity index (χ3n) is 8.50. The molecule has 0 bridgehead atoms. The number of halogens is 6. The number of anilines is 1. The van der Waals surface area contributed by atoms with Gasteiger partial charge < -0.3 is 24.3 Å². The lowest BCUT2D eigenvalue weighted by molar-refractivity contribution is -0.0606. The van der Waals surface area contributed by atoms with Gasteiger partial charge in [-0.05, 0) is 66.7 Å². The normalized spacial score (nSPS) is 17.6. The average molecular weight is 890 g/mol. The zero-order valence-corrected chi connectivity index (χ0v) is 33.1. The van der Waals surface area contributed by atoms with Crippen molar-refractivity contribution in [2.24, 2.45) is 0 Å². The van der Waals surface area contributed by atoms with Gasteiger partial charge in [0.1, 0.15) is 19.0 Å². The SMILES string of the molecule is O=C(Nc1ncnc2c1ncn2[C@H]1O[C@@H](COC(=O)c2ccc(Cl)cc2Cl)[C@@H](OC(=O)c2ccc(Cl)cc2Cl)[C@H]1OC(=O)c1ccc(Cl)cc1Cl)c1ccccc1. The van der Waals surface area contributed by atoms with Gasteiger partial charge in [-0.25, -0.2) is 29.3 Å². The van der Waals surface area contributed by atoms with Crippen LogP contribution in [0, 0.1) is 0 Å². The van der Waals surface area contributed by atoms with Gasteiger partial charge in [-0.3, -0.25) is 9.36 Å². The Labute approximate surface area is 352 Å². The van der Waals surface area contributed by atoms with E-state index in [1.807, 2.05) is 0 Å². The van der Waals surface area contributed by atoms with Gasteiger partial charge in [0.05, 0.1) is 38.1 Å². The molecule has 4 atom stereocenters. The molecule has 1 aliphatic heterocycles. The van der Waals surface area contributed by atoms with E-state index in [1.165, 1.54) is 71.8 Å². The summed E-state index contributed by atoms with van der Waals surface area (Å²) in [5.74, 6) is -3.20. The highest BCUT2D eigenvalue weighted by Crippen LogP contribution is 2.38. The standard InChI is InChI=1S/C38H23Cl6N5O8/c39-19-6-9-22(25(42)12-19)36(51)54-15-28-30(56-37(52)23-10-7-20(40)13-26(23)43)31(57-38(53)24-11-8-21(41)14-27(24)44)35(55-28)49-17-47-29-32(45-16-46-33(29)49)48-34(50)18-4-2-1-3-5-18/h1-14,16-17,28,30-31,35H,15H2,(H,45,46,48,50)/t28-,30+,31+,35-/m0/s1. The number of rotatable bonds is 10. The first-order valence-corrected chi connectivity index (χ1v) is 18.8. The number of benzene rings is 4. The summed E-state index contributed by atoms with van der Waals surface area (Å²) in [7, 11) is 0. The molecule has 1 saturated heterocycles. The van der Waals surface area contributed by atoms with Gasteiger partial charge in [-0.1, -0.05) is 87.8 Å². The van der Waals surface area contributed by atoms with Crippen molar-refractivity contribution in [3.63, 3.8) is 0 Å². The van der Waals surface area contributed by atoms with E-state index >= 15 is 0 Å².